The summed E-state index contributed by atoms with van der Waals surface area (Å²) in [5.41, 5.74) is 0.947. The summed E-state index contributed by atoms with van der Waals surface area (Å²) in [6.07, 6.45) is 0.803. The molecule has 108 valence electrons. The van der Waals surface area contributed by atoms with Crippen molar-refractivity contribution in [3.63, 3.8) is 0 Å². The minimum absolute atomic E-state index is 0.0467. The Kier molecular flexibility index (Phi) is 4.68. The number of hydrogen-bond acceptors (Lipinski definition) is 4. The third kappa shape index (κ3) is 3.33. The maximum Gasteiger partial charge on any atom is 0.396 e. The molecule has 1 heterocycles. The summed E-state index contributed by atoms with van der Waals surface area (Å²) in [6.45, 7) is 1.37. The van der Waals surface area contributed by atoms with Crippen molar-refractivity contribution in [3.8, 4) is 0 Å². The van der Waals surface area contributed by atoms with Gasteiger partial charge >= 0.3 is 11.9 Å². The molecule has 0 bridgehead atoms. The Morgan fingerprint density at radius 1 is 1.35 bits per heavy atom. The minimum Gasteiger partial charge on any atom is -0.462 e. The molecule has 1 saturated heterocycles. The highest BCUT2D eigenvalue weighted by Gasteiger charge is 2.29. The maximum absolute atomic E-state index is 13.0. The molecule has 2 atom stereocenters. The molecule has 5 nitrogen and oxygen atoms in total. The van der Waals surface area contributed by atoms with E-state index in [0.717, 1.165) is 18.5 Å². The molecular weight excluding hydrogens is 263 g/mol. The van der Waals surface area contributed by atoms with Gasteiger partial charge in [0.05, 0.1) is 7.11 Å². The average molecular weight is 280 g/mol. The molecule has 6 heteroatoms. The van der Waals surface area contributed by atoms with Crippen LogP contribution in [0.5, 0.6) is 0 Å². The SMILES string of the molecule is COC(=O)C(=O)NC1CNCCC1c1ccc(F)cc1. The highest BCUT2D eigenvalue weighted by atomic mass is 19.1. The molecule has 1 aromatic carbocycles. The van der Waals surface area contributed by atoms with E-state index < -0.39 is 11.9 Å². The Morgan fingerprint density at radius 2 is 2.05 bits per heavy atom. The van der Waals surface area contributed by atoms with Gasteiger partial charge in [0.1, 0.15) is 5.82 Å². The van der Waals surface area contributed by atoms with Gasteiger partial charge in [0.2, 0.25) is 0 Å². The zero-order chi connectivity index (χ0) is 14.5. The van der Waals surface area contributed by atoms with E-state index in [2.05, 4.69) is 15.4 Å². The van der Waals surface area contributed by atoms with E-state index in [-0.39, 0.29) is 17.8 Å². The van der Waals surface area contributed by atoms with E-state index in [1.165, 1.54) is 19.2 Å². The van der Waals surface area contributed by atoms with Gasteiger partial charge in [-0.25, -0.2) is 9.18 Å². The number of rotatable bonds is 2. The van der Waals surface area contributed by atoms with Crippen molar-refractivity contribution in [2.75, 3.05) is 20.2 Å². The lowest BCUT2D eigenvalue weighted by atomic mass is 9.86. The molecule has 0 spiro atoms. The van der Waals surface area contributed by atoms with Crippen LogP contribution >= 0.6 is 0 Å². The fraction of sp³-hybridized carbons (Fsp3) is 0.429. The van der Waals surface area contributed by atoms with Crippen LogP contribution < -0.4 is 10.6 Å². The van der Waals surface area contributed by atoms with Gasteiger partial charge in [-0.05, 0) is 30.7 Å². The lowest BCUT2D eigenvalue weighted by molar-refractivity contribution is -0.153. The first kappa shape index (κ1) is 14.5. The summed E-state index contributed by atoms with van der Waals surface area (Å²) in [7, 11) is 1.17. The Hall–Kier alpha value is -1.95. The summed E-state index contributed by atoms with van der Waals surface area (Å²) in [4.78, 5) is 22.8. The number of carbonyl (C=O) groups is 2. The number of methoxy groups -OCH3 is 1. The smallest absolute Gasteiger partial charge is 0.396 e. The van der Waals surface area contributed by atoms with Gasteiger partial charge in [-0.15, -0.1) is 0 Å². The van der Waals surface area contributed by atoms with Crippen molar-refractivity contribution < 1.29 is 18.7 Å². The second-order valence-corrected chi connectivity index (χ2v) is 4.72. The summed E-state index contributed by atoms with van der Waals surface area (Å²) in [5.74, 6) is -1.91. The highest BCUT2D eigenvalue weighted by Crippen LogP contribution is 2.25. The highest BCUT2D eigenvalue weighted by molar-refractivity contribution is 6.32. The molecule has 1 amide bonds. The number of carbonyl (C=O) groups excluding carboxylic acids is 2. The molecule has 2 rings (SSSR count). The average Bonchev–Trinajstić information content (AvgIpc) is 2.48. The summed E-state index contributed by atoms with van der Waals surface area (Å²) in [5, 5.41) is 5.83. The quantitative estimate of drug-likeness (QED) is 0.613. The van der Waals surface area contributed by atoms with E-state index in [1.807, 2.05) is 0 Å². The molecular formula is C14H17FN2O3. The number of benzene rings is 1. The predicted octanol–water partition coefficient (Wildman–Crippen LogP) is 0.560. The summed E-state index contributed by atoms with van der Waals surface area (Å²) >= 11 is 0. The zero-order valence-electron chi connectivity index (χ0n) is 11.2. The number of nitrogens with one attached hydrogen (secondary N) is 2. The first-order chi connectivity index (χ1) is 9.61. The van der Waals surface area contributed by atoms with Gasteiger partial charge in [-0.2, -0.15) is 0 Å². The second kappa shape index (κ2) is 6.47. The van der Waals surface area contributed by atoms with Crippen LogP contribution in [0.1, 0.15) is 17.9 Å². The minimum atomic E-state index is -0.909. The Labute approximate surface area is 116 Å². The Morgan fingerprint density at radius 3 is 2.70 bits per heavy atom. The number of esters is 1. The summed E-state index contributed by atoms with van der Waals surface area (Å²) < 4.78 is 17.4. The van der Waals surface area contributed by atoms with Crippen LogP contribution in [0.2, 0.25) is 0 Å². The van der Waals surface area contributed by atoms with Crippen LogP contribution in [-0.4, -0.2) is 38.1 Å². The van der Waals surface area contributed by atoms with Crippen molar-refractivity contribution in [3.05, 3.63) is 35.6 Å². The lowest BCUT2D eigenvalue weighted by Gasteiger charge is -2.32. The maximum atomic E-state index is 13.0. The molecule has 2 N–H and O–H groups in total. The summed E-state index contributed by atoms with van der Waals surface area (Å²) in [6, 6.07) is 6.00. The number of hydrogen-bond donors (Lipinski definition) is 2. The van der Waals surface area contributed by atoms with Crippen molar-refractivity contribution in [2.24, 2.45) is 0 Å². The van der Waals surface area contributed by atoms with E-state index in [1.54, 1.807) is 12.1 Å². The van der Waals surface area contributed by atoms with E-state index in [0.29, 0.717) is 6.54 Å². The van der Waals surface area contributed by atoms with Crippen molar-refractivity contribution >= 4 is 11.9 Å². The first-order valence-corrected chi connectivity index (χ1v) is 6.47. The van der Waals surface area contributed by atoms with Crippen LogP contribution in [0.25, 0.3) is 0 Å². The molecule has 2 unspecified atom stereocenters. The predicted molar refractivity (Wildman–Crippen MR) is 70.6 cm³/mol. The monoisotopic (exact) mass is 280 g/mol. The third-order valence-electron chi connectivity index (χ3n) is 3.47. The van der Waals surface area contributed by atoms with Gasteiger partial charge < -0.3 is 15.4 Å². The van der Waals surface area contributed by atoms with Crippen molar-refractivity contribution in [1.29, 1.82) is 0 Å². The number of amides is 1. The van der Waals surface area contributed by atoms with Crippen LogP contribution in [0.15, 0.2) is 24.3 Å². The second-order valence-electron chi connectivity index (χ2n) is 4.72. The molecule has 1 aliphatic rings. The van der Waals surface area contributed by atoms with Crippen molar-refractivity contribution in [2.45, 2.75) is 18.4 Å². The van der Waals surface area contributed by atoms with Crippen LogP contribution in [0, 0.1) is 5.82 Å². The zero-order valence-corrected chi connectivity index (χ0v) is 11.2. The van der Waals surface area contributed by atoms with E-state index >= 15 is 0 Å². The van der Waals surface area contributed by atoms with E-state index in [9.17, 15) is 14.0 Å². The normalized spacial score (nSPS) is 22.1. The Balaban J connectivity index is 2.11. The topological polar surface area (TPSA) is 67.4 Å². The number of ether oxygens (including phenoxy) is 1. The van der Waals surface area contributed by atoms with Gasteiger partial charge in [-0.3, -0.25) is 4.79 Å². The van der Waals surface area contributed by atoms with Crippen LogP contribution in [0.4, 0.5) is 4.39 Å². The molecule has 0 radical (unpaired) electrons. The third-order valence-corrected chi connectivity index (χ3v) is 3.47. The van der Waals surface area contributed by atoms with Gasteiger partial charge in [0.15, 0.2) is 0 Å². The molecule has 0 saturated carbocycles. The van der Waals surface area contributed by atoms with Crippen molar-refractivity contribution in [1.82, 2.24) is 10.6 Å². The Bertz CT molecular complexity index is 490. The van der Waals surface area contributed by atoms with E-state index in [4.69, 9.17) is 0 Å². The first-order valence-electron chi connectivity index (χ1n) is 6.47. The standard InChI is InChI=1S/C14H17FN2O3/c1-20-14(19)13(18)17-12-8-16-7-6-11(12)9-2-4-10(15)5-3-9/h2-5,11-12,16H,6-8H2,1H3,(H,17,18). The molecule has 20 heavy (non-hydrogen) atoms. The van der Waals surface area contributed by atoms with Gasteiger partial charge in [-0.1, -0.05) is 12.1 Å². The molecule has 0 aromatic heterocycles. The fourth-order valence-corrected chi connectivity index (χ4v) is 2.44. The molecule has 1 aliphatic heterocycles. The van der Waals surface area contributed by atoms with Gasteiger partial charge in [0, 0.05) is 18.5 Å². The molecule has 1 aromatic rings. The fourth-order valence-electron chi connectivity index (χ4n) is 2.44. The van der Waals surface area contributed by atoms with Gasteiger partial charge in [0.25, 0.3) is 0 Å². The molecule has 0 aliphatic carbocycles. The number of piperidine rings is 1. The number of halogens is 1. The largest absolute Gasteiger partial charge is 0.462 e. The van der Waals surface area contributed by atoms with Crippen LogP contribution in [-0.2, 0) is 14.3 Å². The lowest BCUT2D eigenvalue weighted by Crippen LogP contribution is -2.51. The van der Waals surface area contributed by atoms with Crippen LogP contribution in [0.3, 0.4) is 0 Å². The molecule has 1 fully saturated rings.